The summed E-state index contributed by atoms with van der Waals surface area (Å²) in [5.74, 6) is -0.813. The Labute approximate surface area is 148 Å². The summed E-state index contributed by atoms with van der Waals surface area (Å²) in [6.45, 7) is 1.15. The summed E-state index contributed by atoms with van der Waals surface area (Å²) in [5, 5.41) is 9.64. The van der Waals surface area contributed by atoms with Gasteiger partial charge in [-0.05, 0) is 30.7 Å². The second-order valence-corrected chi connectivity index (χ2v) is 9.20. The predicted molar refractivity (Wildman–Crippen MR) is 93.8 cm³/mol. The first-order chi connectivity index (χ1) is 12.0. The van der Waals surface area contributed by atoms with Gasteiger partial charge in [0.2, 0.25) is 10.0 Å². The molecular formula is C18H25NO5S. The highest BCUT2D eigenvalue weighted by Crippen LogP contribution is 2.35. The van der Waals surface area contributed by atoms with Crippen LogP contribution in [-0.4, -0.2) is 54.8 Å². The molecule has 2 aliphatic heterocycles. The number of hydrogen-bond donors (Lipinski definition) is 1. The fourth-order valence-corrected chi connectivity index (χ4v) is 5.92. The second kappa shape index (κ2) is 7.43. The summed E-state index contributed by atoms with van der Waals surface area (Å²) in [6.07, 6.45) is 2.51. The number of rotatable bonds is 5. The number of benzene rings is 1. The van der Waals surface area contributed by atoms with Crippen molar-refractivity contribution < 1.29 is 23.1 Å². The van der Waals surface area contributed by atoms with E-state index in [1.54, 1.807) is 0 Å². The Bertz CT molecular complexity index is 689. The van der Waals surface area contributed by atoms with Crippen molar-refractivity contribution in [1.29, 1.82) is 0 Å². The average Bonchev–Trinajstić information content (AvgIpc) is 2.63. The van der Waals surface area contributed by atoms with Gasteiger partial charge in [-0.1, -0.05) is 30.3 Å². The van der Waals surface area contributed by atoms with Gasteiger partial charge in [-0.15, -0.1) is 0 Å². The number of carbonyl (C=O) groups is 1. The normalized spacial score (nSPS) is 22.6. The van der Waals surface area contributed by atoms with E-state index >= 15 is 0 Å². The standard InChI is InChI=1S/C18H25NO5S/c20-17(21)18(8-12-24-13-9-18)25(22,23)19-10-6-16(7-11-19)14-15-4-2-1-3-5-15/h1-5,16H,6-14H2,(H,20,21). The van der Waals surface area contributed by atoms with E-state index in [2.05, 4.69) is 12.1 Å². The molecule has 138 valence electrons. The highest BCUT2D eigenvalue weighted by Gasteiger charge is 2.54. The first-order valence-electron chi connectivity index (χ1n) is 8.80. The van der Waals surface area contributed by atoms with Crippen LogP contribution in [-0.2, 0) is 26.0 Å². The third-order valence-electron chi connectivity index (χ3n) is 5.46. The maximum Gasteiger partial charge on any atom is 0.326 e. The quantitative estimate of drug-likeness (QED) is 0.859. The number of carboxylic acid groups (broad SMARTS) is 1. The van der Waals surface area contributed by atoms with E-state index in [1.807, 2.05) is 18.2 Å². The zero-order valence-corrected chi connectivity index (χ0v) is 15.1. The van der Waals surface area contributed by atoms with Gasteiger partial charge in [0.25, 0.3) is 0 Å². The molecule has 1 aromatic carbocycles. The minimum atomic E-state index is -3.89. The molecule has 1 N–H and O–H groups in total. The molecule has 0 unspecified atom stereocenters. The van der Waals surface area contributed by atoms with Crippen molar-refractivity contribution in [1.82, 2.24) is 4.31 Å². The van der Waals surface area contributed by atoms with Crippen LogP contribution in [0.15, 0.2) is 30.3 Å². The summed E-state index contributed by atoms with van der Waals surface area (Å²) in [7, 11) is -3.89. The average molecular weight is 367 g/mol. The van der Waals surface area contributed by atoms with Gasteiger partial charge in [-0.3, -0.25) is 4.79 Å². The zero-order valence-electron chi connectivity index (χ0n) is 14.3. The van der Waals surface area contributed by atoms with Crippen LogP contribution in [0.4, 0.5) is 0 Å². The van der Waals surface area contributed by atoms with E-state index < -0.39 is 20.7 Å². The van der Waals surface area contributed by atoms with E-state index in [0.717, 1.165) is 19.3 Å². The summed E-state index contributed by atoms with van der Waals surface area (Å²) < 4.78 is 31.0. The third-order valence-corrected chi connectivity index (χ3v) is 8.08. The molecule has 2 saturated heterocycles. The van der Waals surface area contributed by atoms with Crippen molar-refractivity contribution in [3.8, 4) is 0 Å². The number of sulfonamides is 1. The molecule has 0 atom stereocenters. The Morgan fingerprint density at radius 1 is 1.16 bits per heavy atom. The molecule has 0 spiro atoms. The van der Waals surface area contributed by atoms with Crippen LogP contribution in [0.2, 0.25) is 0 Å². The van der Waals surface area contributed by atoms with E-state index in [1.165, 1.54) is 9.87 Å². The number of nitrogens with zero attached hydrogens (tertiary/aromatic N) is 1. The fourth-order valence-electron chi connectivity index (χ4n) is 3.83. The van der Waals surface area contributed by atoms with E-state index in [9.17, 15) is 18.3 Å². The van der Waals surface area contributed by atoms with Gasteiger partial charge in [0.1, 0.15) is 0 Å². The highest BCUT2D eigenvalue weighted by atomic mass is 32.2. The number of aliphatic carboxylic acids is 1. The molecule has 0 radical (unpaired) electrons. The van der Waals surface area contributed by atoms with Gasteiger partial charge in [0.05, 0.1) is 0 Å². The van der Waals surface area contributed by atoms with Crippen LogP contribution in [0.25, 0.3) is 0 Å². The predicted octanol–water partition coefficient (Wildman–Crippen LogP) is 1.90. The smallest absolute Gasteiger partial charge is 0.326 e. The minimum Gasteiger partial charge on any atom is -0.480 e. The maximum absolute atomic E-state index is 13.1. The van der Waals surface area contributed by atoms with Crippen LogP contribution in [0, 0.1) is 5.92 Å². The molecule has 3 rings (SSSR count). The van der Waals surface area contributed by atoms with Gasteiger partial charge in [-0.2, -0.15) is 0 Å². The zero-order chi connectivity index (χ0) is 17.9. The number of piperidine rings is 1. The molecular weight excluding hydrogens is 342 g/mol. The van der Waals surface area contributed by atoms with Crippen LogP contribution < -0.4 is 0 Å². The van der Waals surface area contributed by atoms with Crippen LogP contribution in [0.5, 0.6) is 0 Å². The first-order valence-corrected chi connectivity index (χ1v) is 10.2. The van der Waals surface area contributed by atoms with Gasteiger partial charge in [0.15, 0.2) is 4.75 Å². The Kier molecular flexibility index (Phi) is 5.46. The van der Waals surface area contributed by atoms with Crippen molar-refractivity contribution in [3.63, 3.8) is 0 Å². The summed E-state index contributed by atoms with van der Waals surface area (Å²) in [4.78, 5) is 11.8. The third kappa shape index (κ3) is 3.59. The number of hydrogen-bond acceptors (Lipinski definition) is 4. The van der Waals surface area contributed by atoms with Gasteiger partial charge < -0.3 is 9.84 Å². The molecule has 2 fully saturated rings. The van der Waals surface area contributed by atoms with E-state index in [4.69, 9.17) is 4.74 Å². The van der Waals surface area contributed by atoms with Crippen molar-refractivity contribution in [2.75, 3.05) is 26.3 Å². The van der Waals surface area contributed by atoms with Crippen molar-refractivity contribution in [2.24, 2.45) is 5.92 Å². The Morgan fingerprint density at radius 2 is 1.76 bits per heavy atom. The Hall–Kier alpha value is -1.44. The first kappa shape index (κ1) is 18.4. The second-order valence-electron chi connectivity index (χ2n) is 6.95. The van der Waals surface area contributed by atoms with Crippen molar-refractivity contribution >= 4 is 16.0 Å². The summed E-state index contributed by atoms with van der Waals surface area (Å²) in [5.41, 5.74) is 1.26. The Balaban J connectivity index is 1.67. The molecule has 25 heavy (non-hydrogen) atoms. The minimum absolute atomic E-state index is 0.0224. The topological polar surface area (TPSA) is 83.9 Å². The highest BCUT2D eigenvalue weighted by molar-refractivity contribution is 7.91. The number of ether oxygens (including phenoxy) is 1. The van der Waals surface area contributed by atoms with Gasteiger partial charge in [0, 0.05) is 39.1 Å². The lowest BCUT2D eigenvalue weighted by molar-refractivity contribution is -0.142. The molecule has 1 aromatic rings. The van der Waals surface area contributed by atoms with Gasteiger partial charge in [-0.25, -0.2) is 12.7 Å². The maximum atomic E-state index is 13.1. The lowest BCUT2D eigenvalue weighted by Crippen LogP contribution is -2.57. The van der Waals surface area contributed by atoms with Crippen molar-refractivity contribution in [3.05, 3.63) is 35.9 Å². The van der Waals surface area contributed by atoms with E-state index in [0.29, 0.717) is 19.0 Å². The van der Waals surface area contributed by atoms with E-state index in [-0.39, 0.29) is 26.1 Å². The molecule has 2 heterocycles. The molecule has 2 aliphatic rings. The Morgan fingerprint density at radius 3 is 2.32 bits per heavy atom. The monoisotopic (exact) mass is 367 g/mol. The lowest BCUT2D eigenvalue weighted by atomic mass is 9.91. The molecule has 7 heteroatoms. The summed E-state index contributed by atoms with van der Waals surface area (Å²) in [6, 6.07) is 10.2. The molecule has 0 aromatic heterocycles. The molecule has 0 aliphatic carbocycles. The molecule has 0 bridgehead atoms. The molecule has 0 amide bonds. The fraction of sp³-hybridized carbons (Fsp3) is 0.611. The largest absolute Gasteiger partial charge is 0.480 e. The lowest BCUT2D eigenvalue weighted by Gasteiger charge is -2.39. The van der Waals surface area contributed by atoms with Crippen molar-refractivity contribution in [2.45, 2.75) is 36.9 Å². The molecule has 6 nitrogen and oxygen atoms in total. The summed E-state index contributed by atoms with van der Waals surface area (Å²) >= 11 is 0. The van der Waals surface area contributed by atoms with Crippen LogP contribution in [0.3, 0.4) is 0 Å². The van der Waals surface area contributed by atoms with Crippen LogP contribution in [0.1, 0.15) is 31.2 Å². The number of carboxylic acids is 1. The van der Waals surface area contributed by atoms with Gasteiger partial charge >= 0.3 is 5.97 Å². The van der Waals surface area contributed by atoms with Crippen LogP contribution >= 0.6 is 0 Å². The molecule has 0 saturated carbocycles. The SMILES string of the molecule is O=C(O)C1(S(=O)(=O)N2CCC(Cc3ccccc3)CC2)CCOCC1.